The molecule has 0 saturated carbocycles. The van der Waals surface area contributed by atoms with Crippen LogP contribution in [0.15, 0.2) is 24.3 Å². The highest BCUT2D eigenvalue weighted by atomic mass is 19.3. The van der Waals surface area contributed by atoms with Gasteiger partial charge in [0.2, 0.25) is 0 Å². The van der Waals surface area contributed by atoms with E-state index in [1.165, 1.54) is 18.2 Å². The minimum Gasteiger partial charge on any atom is -0.434 e. The second kappa shape index (κ2) is 5.68. The van der Waals surface area contributed by atoms with E-state index in [-0.39, 0.29) is 11.3 Å². The largest absolute Gasteiger partial charge is 0.434 e. The van der Waals surface area contributed by atoms with Gasteiger partial charge in [-0.3, -0.25) is 9.89 Å². The molecule has 2 aromatic rings. The van der Waals surface area contributed by atoms with Gasteiger partial charge in [0, 0.05) is 0 Å². The molecule has 0 spiro atoms. The van der Waals surface area contributed by atoms with Gasteiger partial charge in [0.15, 0.2) is 0 Å². The number of carbonyl (C=O) groups excluding carboxylic acids is 1. The van der Waals surface area contributed by atoms with Crippen molar-refractivity contribution in [3.63, 3.8) is 0 Å². The number of aryl methyl sites for hydroxylation is 2. The number of carbonyl (C=O) groups is 1. The summed E-state index contributed by atoms with van der Waals surface area (Å²) in [5, 5.41) is 9.30. The molecular weight excluding hydrogens is 268 g/mol. The number of nitrogens with one attached hydrogen (secondary N) is 2. The number of nitrogens with zero attached hydrogens (tertiary/aromatic N) is 1. The van der Waals surface area contributed by atoms with E-state index in [0.29, 0.717) is 17.1 Å². The molecule has 5 nitrogen and oxygen atoms in total. The van der Waals surface area contributed by atoms with Gasteiger partial charge in [0.1, 0.15) is 5.75 Å². The number of ether oxygens (including phenoxy) is 1. The van der Waals surface area contributed by atoms with Crippen molar-refractivity contribution in [2.75, 3.05) is 5.32 Å². The molecule has 0 fully saturated rings. The fraction of sp³-hybridized carbons (Fsp3) is 0.231. The van der Waals surface area contributed by atoms with Crippen LogP contribution in [-0.4, -0.2) is 22.7 Å². The molecular formula is C13H13F2N3O2. The molecule has 0 aliphatic rings. The first-order chi connectivity index (χ1) is 9.49. The lowest BCUT2D eigenvalue weighted by Gasteiger charge is -2.10. The van der Waals surface area contributed by atoms with Crippen LogP contribution in [0.25, 0.3) is 0 Å². The topological polar surface area (TPSA) is 67.0 Å². The summed E-state index contributed by atoms with van der Waals surface area (Å²) in [6.45, 7) is 0.485. The molecule has 0 aliphatic carbocycles. The van der Waals surface area contributed by atoms with Gasteiger partial charge in [-0.25, -0.2) is 0 Å². The Labute approximate surface area is 114 Å². The summed E-state index contributed by atoms with van der Waals surface area (Å²) in [6, 6.07) is 5.82. The van der Waals surface area contributed by atoms with Gasteiger partial charge < -0.3 is 10.1 Å². The molecule has 0 unspecified atom stereocenters. The first-order valence-corrected chi connectivity index (χ1v) is 5.85. The van der Waals surface area contributed by atoms with Crippen LogP contribution in [0.5, 0.6) is 5.75 Å². The smallest absolute Gasteiger partial charge is 0.387 e. The van der Waals surface area contributed by atoms with Crippen molar-refractivity contribution in [1.29, 1.82) is 0 Å². The van der Waals surface area contributed by atoms with Crippen LogP contribution in [0.1, 0.15) is 21.7 Å². The molecule has 0 bridgehead atoms. The van der Waals surface area contributed by atoms with Crippen LogP contribution in [0.4, 0.5) is 14.5 Å². The van der Waals surface area contributed by atoms with E-state index in [4.69, 9.17) is 0 Å². The molecule has 20 heavy (non-hydrogen) atoms. The quantitative estimate of drug-likeness (QED) is 0.905. The van der Waals surface area contributed by atoms with Gasteiger partial charge in [0.25, 0.3) is 5.91 Å². The van der Waals surface area contributed by atoms with E-state index < -0.39 is 12.5 Å². The molecule has 1 aromatic heterocycles. The second-order valence-corrected chi connectivity index (χ2v) is 4.14. The first kappa shape index (κ1) is 14.0. The fourth-order valence-electron chi connectivity index (χ4n) is 1.77. The zero-order chi connectivity index (χ0) is 14.7. The Kier molecular flexibility index (Phi) is 3.97. The van der Waals surface area contributed by atoms with Crippen molar-refractivity contribution in [1.82, 2.24) is 10.2 Å². The maximum absolute atomic E-state index is 12.3. The summed E-state index contributed by atoms with van der Waals surface area (Å²) in [6.07, 6.45) is 0. The average molecular weight is 281 g/mol. The lowest BCUT2D eigenvalue weighted by Crippen LogP contribution is -2.15. The summed E-state index contributed by atoms with van der Waals surface area (Å²) < 4.78 is 28.9. The SMILES string of the molecule is Cc1n[nH]c(C)c1NC(=O)c1ccccc1OC(F)F. The first-order valence-electron chi connectivity index (χ1n) is 5.85. The molecule has 7 heteroatoms. The van der Waals surface area contributed by atoms with Gasteiger partial charge in [-0.2, -0.15) is 13.9 Å². The summed E-state index contributed by atoms with van der Waals surface area (Å²) >= 11 is 0. The van der Waals surface area contributed by atoms with Crippen molar-refractivity contribution in [2.45, 2.75) is 20.5 Å². The van der Waals surface area contributed by atoms with Gasteiger partial charge in [0.05, 0.1) is 22.6 Å². The second-order valence-electron chi connectivity index (χ2n) is 4.14. The predicted molar refractivity (Wildman–Crippen MR) is 69.1 cm³/mol. The third kappa shape index (κ3) is 2.93. The molecule has 1 heterocycles. The van der Waals surface area contributed by atoms with E-state index in [1.807, 2.05) is 0 Å². The normalized spacial score (nSPS) is 10.7. The molecule has 0 radical (unpaired) electrons. The Bertz CT molecular complexity index is 606. The van der Waals surface area contributed by atoms with Crippen LogP contribution in [-0.2, 0) is 0 Å². The lowest BCUT2D eigenvalue weighted by atomic mass is 10.2. The monoisotopic (exact) mass is 281 g/mol. The highest BCUT2D eigenvalue weighted by Crippen LogP contribution is 2.23. The van der Waals surface area contributed by atoms with E-state index in [1.54, 1.807) is 19.9 Å². The van der Waals surface area contributed by atoms with Crippen LogP contribution >= 0.6 is 0 Å². The van der Waals surface area contributed by atoms with Gasteiger partial charge >= 0.3 is 6.61 Å². The molecule has 0 atom stereocenters. The Balaban J connectivity index is 2.26. The number of benzene rings is 1. The number of para-hydroxylation sites is 1. The van der Waals surface area contributed by atoms with E-state index in [9.17, 15) is 13.6 Å². The molecule has 1 amide bonds. The Hall–Kier alpha value is -2.44. The minimum absolute atomic E-state index is 0.0350. The number of hydrogen-bond donors (Lipinski definition) is 2. The van der Waals surface area contributed by atoms with Crippen LogP contribution in [0, 0.1) is 13.8 Å². The third-order valence-corrected chi connectivity index (χ3v) is 2.71. The highest BCUT2D eigenvalue weighted by molar-refractivity contribution is 6.06. The number of aromatic amines is 1. The van der Waals surface area contributed by atoms with E-state index in [0.717, 1.165) is 0 Å². The molecule has 1 aromatic carbocycles. The van der Waals surface area contributed by atoms with Gasteiger partial charge in [-0.1, -0.05) is 12.1 Å². The van der Waals surface area contributed by atoms with Gasteiger partial charge in [-0.05, 0) is 26.0 Å². The molecule has 2 N–H and O–H groups in total. The summed E-state index contributed by atoms with van der Waals surface area (Å²) in [4.78, 5) is 12.1. The van der Waals surface area contributed by atoms with Crippen molar-refractivity contribution in [2.24, 2.45) is 0 Å². The van der Waals surface area contributed by atoms with Crippen molar-refractivity contribution in [3.05, 3.63) is 41.2 Å². The summed E-state index contributed by atoms with van der Waals surface area (Å²) in [5.74, 6) is -0.701. The van der Waals surface area contributed by atoms with Crippen LogP contribution in [0.2, 0.25) is 0 Å². The fourth-order valence-corrected chi connectivity index (χ4v) is 1.77. The Morgan fingerprint density at radius 3 is 2.65 bits per heavy atom. The van der Waals surface area contributed by atoms with Crippen molar-refractivity contribution >= 4 is 11.6 Å². The number of rotatable bonds is 4. The Morgan fingerprint density at radius 2 is 2.05 bits per heavy atom. The predicted octanol–water partition coefficient (Wildman–Crippen LogP) is 2.88. The molecule has 106 valence electrons. The number of H-pyrrole nitrogens is 1. The average Bonchev–Trinajstić information content (AvgIpc) is 2.70. The zero-order valence-electron chi connectivity index (χ0n) is 10.9. The van der Waals surface area contributed by atoms with Crippen LogP contribution in [0.3, 0.4) is 0 Å². The van der Waals surface area contributed by atoms with E-state index >= 15 is 0 Å². The van der Waals surface area contributed by atoms with Crippen molar-refractivity contribution < 1.29 is 18.3 Å². The minimum atomic E-state index is -2.98. The number of anilines is 1. The lowest BCUT2D eigenvalue weighted by molar-refractivity contribution is -0.0501. The number of alkyl halides is 2. The third-order valence-electron chi connectivity index (χ3n) is 2.71. The summed E-state index contributed by atoms with van der Waals surface area (Å²) in [5.41, 5.74) is 1.86. The summed E-state index contributed by atoms with van der Waals surface area (Å²) in [7, 11) is 0. The Morgan fingerprint density at radius 1 is 1.35 bits per heavy atom. The maximum atomic E-state index is 12.3. The number of hydrogen-bond acceptors (Lipinski definition) is 3. The number of halogens is 2. The molecule has 2 rings (SSSR count). The number of aromatic nitrogens is 2. The van der Waals surface area contributed by atoms with E-state index in [2.05, 4.69) is 20.3 Å². The number of amides is 1. The van der Waals surface area contributed by atoms with Gasteiger partial charge in [-0.15, -0.1) is 0 Å². The van der Waals surface area contributed by atoms with Crippen molar-refractivity contribution in [3.8, 4) is 5.75 Å². The standard InChI is InChI=1S/C13H13F2N3O2/c1-7-11(8(2)18-17-7)16-12(19)9-5-3-4-6-10(9)20-13(14)15/h3-6,13H,1-2H3,(H,16,19)(H,17,18). The zero-order valence-corrected chi connectivity index (χ0v) is 10.9. The maximum Gasteiger partial charge on any atom is 0.387 e. The molecule has 0 saturated heterocycles. The molecule has 0 aliphatic heterocycles. The highest BCUT2D eigenvalue weighted by Gasteiger charge is 2.17. The van der Waals surface area contributed by atoms with Crippen LogP contribution < -0.4 is 10.1 Å².